The fourth-order valence-electron chi connectivity index (χ4n) is 3.56. The summed E-state index contributed by atoms with van der Waals surface area (Å²) in [6, 6.07) is 16.8. The molecule has 4 rings (SSSR count). The van der Waals surface area contributed by atoms with Gasteiger partial charge < -0.3 is 20.7 Å². The molecule has 1 aromatic heterocycles. The molecule has 2 heterocycles. The minimum Gasteiger partial charge on any atom is -0.497 e. The number of amides is 2. The highest BCUT2D eigenvalue weighted by atomic mass is 16.5. The Balaban J connectivity index is 1.50. The number of H-pyrrole nitrogens is 1. The Hall–Kier alpha value is -4.14. The Morgan fingerprint density at radius 3 is 2.59 bits per heavy atom. The second-order valence-corrected chi connectivity index (χ2v) is 7.36. The van der Waals surface area contributed by atoms with Gasteiger partial charge in [-0.2, -0.15) is 4.98 Å². The minimum atomic E-state index is -0.902. The van der Waals surface area contributed by atoms with Gasteiger partial charge >= 0.3 is 0 Å². The first-order valence-electron chi connectivity index (χ1n) is 10.2. The van der Waals surface area contributed by atoms with E-state index < -0.39 is 11.5 Å². The molecule has 164 valence electrons. The molecule has 0 fully saturated rings. The number of benzene rings is 2. The van der Waals surface area contributed by atoms with Crippen LogP contribution in [0.15, 0.2) is 59.4 Å². The fourth-order valence-corrected chi connectivity index (χ4v) is 3.56. The molecule has 0 saturated heterocycles. The lowest BCUT2D eigenvalue weighted by Crippen LogP contribution is -2.39. The second kappa shape index (κ2) is 9.34. The maximum atomic E-state index is 12.8. The molecule has 0 aliphatic carbocycles. The first-order chi connectivity index (χ1) is 15.5. The Kier molecular flexibility index (Phi) is 6.16. The average Bonchev–Trinajstić information content (AvgIpc) is 2.79. The van der Waals surface area contributed by atoms with Gasteiger partial charge in [-0.1, -0.05) is 30.3 Å². The molecule has 0 saturated carbocycles. The number of anilines is 3. The average molecular weight is 433 g/mol. The quantitative estimate of drug-likeness (QED) is 0.453. The summed E-state index contributed by atoms with van der Waals surface area (Å²) in [5, 5.41) is 8.41. The van der Waals surface area contributed by atoms with E-state index in [-0.39, 0.29) is 35.6 Å². The van der Waals surface area contributed by atoms with Gasteiger partial charge in [0.15, 0.2) is 0 Å². The summed E-state index contributed by atoms with van der Waals surface area (Å²) in [5.74, 6) is -0.709. The molecule has 32 heavy (non-hydrogen) atoms. The van der Waals surface area contributed by atoms with E-state index in [0.29, 0.717) is 24.4 Å². The maximum Gasteiger partial charge on any atom is 0.258 e. The van der Waals surface area contributed by atoms with Crippen molar-refractivity contribution in [2.24, 2.45) is 0 Å². The number of hydrogen-bond acceptors (Lipinski definition) is 6. The Labute approximate surface area is 184 Å². The first-order valence-corrected chi connectivity index (χ1v) is 10.2. The number of nitrogens with one attached hydrogen (secondary N) is 4. The summed E-state index contributed by atoms with van der Waals surface area (Å²) in [6.45, 7) is 0.402. The third-order valence-corrected chi connectivity index (χ3v) is 5.18. The Bertz CT molecular complexity index is 1180. The van der Waals surface area contributed by atoms with Crippen LogP contribution >= 0.6 is 0 Å². The lowest BCUT2D eigenvalue weighted by molar-refractivity contribution is -0.126. The van der Waals surface area contributed by atoms with Crippen molar-refractivity contribution in [1.29, 1.82) is 0 Å². The van der Waals surface area contributed by atoms with Gasteiger partial charge in [0.2, 0.25) is 17.8 Å². The van der Waals surface area contributed by atoms with Crippen LogP contribution in [0, 0.1) is 0 Å². The lowest BCUT2D eigenvalue weighted by atomic mass is 9.92. The predicted molar refractivity (Wildman–Crippen MR) is 120 cm³/mol. The van der Waals surface area contributed by atoms with Gasteiger partial charge in [0.25, 0.3) is 5.56 Å². The number of aromatic amines is 1. The molecule has 9 nitrogen and oxygen atoms in total. The van der Waals surface area contributed by atoms with Crippen LogP contribution in [0.3, 0.4) is 0 Å². The summed E-state index contributed by atoms with van der Waals surface area (Å²) >= 11 is 0. The van der Waals surface area contributed by atoms with Gasteiger partial charge in [0.05, 0.1) is 18.6 Å². The smallest absolute Gasteiger partial charge is 0.258 e. The third-order valence-electron chi connectivity index (χ3n) is 5.18. The summed E-state index contributed by atoms with van der Waals surface area (Å²) in [4.78, 5) is 44.8. The molecule has 0 radical (unpaired) electrons. The van der Waals surface area contributed by atoms with Crippen molar-refractivity contribution in [2.75, 3.05) is 24.3 Å². The molecule has 1 aliphatic heterocycles. The van der Waals surface area contributed by atoms with Crippen molar-refractivity contribution in [3.8, 4) is 5.75 Å². The Morgan fingerprint density at radius 2 is 1.88 bits per heavy atom. The monoisotopic (exact) mass is 433 g/mol. The third kappa shape index (κ3) is 4.77. The number of methoxy groups -OCH3 is 1. The molecule has 3 aromatic rings. The van der Waals surface area contributed by atoms with E-state index in [1.165, 1.54) is 0 Å². The van der Waals surface area contributed by atoms with Crippen molar-refractivity contribution in [2.45, 2.75) is 18.8 Å². The minimum absolute atomic E-state index is 0.0872. The van der Waals surface area contributed by atoms with Crippen molar-refractivity contribution in [3.63, 3.8) is 0 Å². The van der Waals surface area contributed by atoms with Gasteiger partial charge in [-0.25, -0.2) is 0 Å². The van der Waals surface area contributed by atoms with E-state index in [9.17, 15) is 14.4 Å². The molecular formula is C23H23N5O4. The second-order valence-electron chi connectivity index (χ2n) is 7.36. The SMILES string of the molecule is COc1ccc(Nc2nc3c(c(=O)[nH]2)[C@@H](C(=O)NCCc2ccccc2)CC(=O)N3)cc1. The number of fused-ring (bicyclic) bond motifs is 1. The fraction of sp³-hybridized carbons (Fsp3) is 0.217. The van der Waals surface area contributed by atoms with Crippen LogP contribution in [0.25, 0.3) is 0 Å². The summed E-state index contributed by atoms with van der Waals surface area (Å²) in [7, 11) is 1.57. The van der Waals surface area contributed by atoms with E-state index in [4.69, 9.17) is 4.74 Å². The largest absolute Gasteiger partial charge is 0.497 e. The van der Waals surface area contributed by atoms with Crippen LogP contribution in [0.1, 0.15) is 23.5 Å². The standard InChI is InChI=1S/C23H23N5O4/c1-32-16-9-7-15(8-10-16)25-23-27-20-19(22(31)28-23)17(13-18(29)26-20)21(30)24-12-11-14-5-3-2-4-6-14/h2-10,17H,11-13H2,1H3,(H,24,30)(H3,25,26,27,28,29,31)/t17-/m0/s1. The molecule has 0 spiro atoms. The normalized spacial score (nSPS) is 14.8. The van der Waals surface area contributed by atoms with Gasteiger partial charge in [-0.05, 0) is 36.2 Å². The summed E-state index contributed by atoms with van der Waals surface area (Å²) < 4.78 is 5.13. The van der Waals surface area contributed by atoms with Gasteiger partial charge in [0.1, 0.15) is 11.6 Å². The zero-order valence-electron chi connectivity index (χ0n) is 17.5. The number of aromatic nitrogens is 2. The summed E-state index contributed by atoms with van der Waals surface area (Å²) in [6.07, 6.45) is 0.540. The van der Waals surface area contributed by atoms with E-state index >= 15 is 0 Å². The van der Waals surface area contributed by atoms with Crippen LogP contribution in [-0.4, -0.2) is 35.4 Å². The lowest BCUT2D eigenvalue weighted by Gasteiger charge is -2.23. The highest BCUT2D eigenvalue weighted by Crippen LogP contribution is 2.29. The number of ether oxygens (including phenoxy) is 1. The zero-order chi connectivity index (χ0) is 22.5. The van der Waals surface area contributed by atoms with Crippen LogP contribution < -0.4 is 26.2 Å². The molecule has 4 N–H and O–H groups in total. The Morgan fingerprint density at radius 1 is 1.12 bits per heavy atom. The van der Waals surface area contributed by atoms with E-state index in [2.05, 4.69) is 25.9 Å². The molecule has 0 bridgehead atoms. The van der Waals surface area contributed by atoms with Crippen LogP contribution in [0.4, 0.5) is 17.5 Å². The number of rotatable bonds is 7. The predicted octanol–water partition coefficient (Wildman–Crippen LogP) is 2.31. The first kappa shape index (κ1) is 21.1. The molecule has 0 unspecified atom stereocenters. The highest BCUT2D eigenvalue weighted by Gasteiger charge is 2.34. The van der Waals surface area contributed by atoms with Crippen LogP contribution in [0.5, 0.6) is 5.75 Å². The van der Waals surface area contributed by atoms with Crippen molar-refractivity contribution >= 4 is 29.3 Å². The molecular weight excluding hydrogens is 410 g/mol. The van der Waals surface area contributed by atoms with Gasteiger partial charge in [0, 0.05) is 18.7 Å². The molecule has 2 amide bonds. The summed E-state index contributed by atoms with van der Waals surface area (Å²) in [5.41, 5.74) is 1.44. The molecule has 1 aliphatic rings. The van der Waals surface area contributed by atoms with Crippen molar-refractivity contribution in [1.82, 2.24) is 15.3 Å². The molecule has 9 heteroatoms. The van der Waals surface area contributed by atoms with E-state index in [1.54, 1.807) is 31.4 Å². The van der Waals surface area contributed by atoms with Crippen molar-refractivity contribution in [3.05, 3.63) is 76.1 Å². The number of nitrogens with zero attached hydrogens (tertiary/aromatic N) is 1. The zero-order valence-corrected chi connectivity index (χ0v) is 17.5. The van der Waals surface area contributed by atoms with Gasteiger partial charge in [-0.15, -0.1) is 0 Å². The van der Waals surface area contributed by atoms with Crippen molar-refractivity contribution < 1.29 is 14.3 Å². The maximum absolute atomic E-state index is 12.8. The van der Waals surface area contributed by atoms with Crippen LogP contribution in [-0.2, 0) is 16.0 Å². The number of hydrogen-bond donors (Lipinski definition) is 4. The number of carbonyl (C=O) groups excluding carboxylic acids is 2. The highest BCUT2D eigenvalue weighted by molar-refractivity contribution is 6.00. The number of carbonyl (C=O) groups is 2. The molecule has 2 aromatic carbocycles. The van der Waals surface area contributed by atoms with E-state index in [0.717, 1.165) is 5.56 Å². The molecule has 1 atom stereocenters. The van der Waals surface area contributed by atoms with Gasteiger partial charge in [-0.3, -0.25) is 19.4 Å². The van der Waals surface area contributed by atoms with Crippen LogP contribution in [0.2, 0.25) is 0 Å². The topological polar surface area (TPSA) is 125 Å². The van der Waals surface area contributed by atoms with E-state index in [1.807, 2.05) is 30.3 Å².